The summed E-state index contributed by atoms with van der Waals surface area (Å²) in [5.74, 6) is 0. The summed E-state index contributed by atoms with van der Waals surface area (Å²) in [7, 11) is 0. The first-order valence-electron chi connectivity index (χ1n) is 5.75. The van der Waals surface area contributed by atoms with Crippen LogP contribution in [0.1, 0.15) is 25.7 Å². The number of nitrogens with one attached hydrogen (secondary N) is 1. The van der Waals surface area contributed by atoms with Gasteiger partial charge in [-0.15, -0.1) is 0 Å². The normalized spacial score (nSPS) is 9.60. The number of hydrogen-bond donors (Lipinski definition) is 5. The minimum absolute atomic E-state index is 0.194. The average molecular weight is 220 g/mol. The molecule has 0 unspecified atom stereocenters. The highest BCUT2D eigenvalue weighted by atomic mass is 16.3. The third-order valence-corrected chi connectivity index (χ3v) is 1.77. The lowest BCUT2D eigenvalue weighted by atomic mass is 10.2. The first-order valence-corrected chi connectivity index (χ1v) is 5.75. The average Bonchev–Trinajstić information content (AvgIpc) is 2.26. The molecule has 0 aromatic rings. The fourth-order valence-corrected chi connectivity index (χ4v) is 0.948. The third kappa shape index (κ3) is 24.8. The monoisotopic (exact) mass is 220 g/mol. The first-order chi connectivity index (χ1) is 7.33. The van der Waals surface area contributed by atoms with Gasteiger partial charge in [0.05, 0.1) is 6.61 Å². The van der Waals surface area contributed by atoms with Crippen molar-refractivity contribution in [2.24, 2.45) is 17.2 Å². The highest BCUT2D eigenvalue weighted by molar-refractivity contribution is 4.43. The second-order valence-electron chi connectivity index (χ2n) is 3.25. The van der Waals surface area contributed by atoms with Gasteiger partial charge in [0.15, 0.2) is 0 Å². The van der Waals surface area contributed by atoms with Gasteiger partial charge in [0, 0.05) is 19.6 Å². The van der Waals surface area contributed by atoms with E-state index in [4.69, 9.17) is 22.3 Å². The van der Waals surface area contributed by atoms with Gasteiger partial charge < -0.3 is 27.6 Å². The first kappa shape index (κ1) is 17.2. The molecule has 0 fully saturated rings. The molecule has 0 rings (SSSR count). The number of unbranched alkanes of at least 4 members (excludes halogenated alkanes) is 3. The fraction of sp³-hybridized carbons (Fsp3) is 1.00. The summed E-state index contributed by atoms with van der Waals surface area (Å²) in [4.78, 5) is 0. The molecule has 0 aromatic heterocycles. The van der Waals surface area contributed by atoms with Crippen molar-refractivity contribution in [2.45, 2.75) is 25.7 Å². The van der Waals surface area contributed by atoms with E-state index < -0.39 is 0 Å². The second-order valence-corrected chi connectivity index (χ2v) is 3.25. The molecule has 5 heteroatoms. The van der Waals surface area contributed by atoms with Gasteiger partial charge in [0.2, 0.25) is 0 Å². The molecule has 0 bridgehead atoms. The molecule has 0 aliphatic carbocycles. The number of nitrogens with two attached hydrogens (primary N) is 3. The largest absolute Gasteiger partial charge is 0.395 e. The Labute approximate surface area is 93.4 Å². The Morgan fingerprint density at radius 3 is 1.60 bits per heavy atom. The summed E-state index contributed by atoms with van der Waals surface area (Å²) in [6.07, 6.45) is 4.79. The summed E-state index contributed by atoms with van der Waals surface area (Å²) in [6.45, 7) is 3.92. The Balaban J connectivity index is 0. The van der Waals surface area contributed by atoms with Crippen molar-refractivity contribution < 1.29 is 5.11 Å². The number of aliphatic hydroxyl groups is 1. The smallest absolute Gasteiger partial charge is 0.0555 e. The Hall–Kier alpha value is -0.200. The van der Waals surface area contributed by atoms with Crippen LogP contribution in [0.15, 0.2) is 0 Å². The number of aliphatic hydroxyl groups excluding tert-OH is 1. The molecule has 0 saturated carbocycles. The molecule has 0 amide bonds. The van der Waals surface area contributed by atoms with E-state index in [1.54, 1.807) is 0 Å². The Bertz CT molecular complexity index is 83.5. The zero-order valence-electron chi connectivity index (χ0n) is 9.75. The summed E-state index contributed by atoms with van der Waals surface area (Å²) < 4.78 is 0. The highest BCUT2D eigenvalue weighted by Gasteiger charge is 1.83. The third-order valence-electron chi connectivity index (χ3n) is 1.77. The zero-order chi connectivity index (χ0) is 11.8. The van der Waals surface area contributed by atoms with E-state index in [-0.39, 0.29) is 6.61 Å². The maximum absolute atomic E-state index is 8.19. The van der Waals surface area contributed by atoms with E-state index in [0.29, 0.717) is 13.1 Å². The van der Waals surface area contributed by atoms with Gasteiger partial charge >= 0.3 is 0 Å². The lowest BCUT2D eigenvalue weighted by molar-refractivity contribution is 0.293. The summed E-state index contributed by atoms with van der Waals surface area (Å²) >= 11 is 0. The zero-order valence-corrected chi connectivity index (χ0v) is 9.75. The fourth-order valence-electron chi connectivity index (χ4n) is 0.948. The predicted octanol–water partition coefficient (Wildman–Crippen LogP) is -1.01. The van der Waals surface area contributed by atoms with Gasteiger partial charge in [-0.3, -0.25) is 0 Å². The Morgan fingerprint density at radius 2 is 1.27 bits per heavy atom. The van der Waals surface area contributed by atoms with Crippen molar-refractivity contribution in [2.75, 3.05) is 39.3 Å². The van der Waals surface area contributed by atoms with Crippen LogP contribution in [-0.2, 0) is 0 Å². The van der Waals surface area contributed by atoms with E-state index in [2.05, 4.69) is 5.32 Å². The SMILES string of the molecule is NCCCCCCN.NCCNCCO. The predicted molar refractivity (Wildman–Crippen MR) is 65.6 cm³/mol. The number of rotatable bonds is 9. The van der Waals surface area contributed by atoms with Crippen LogP contribution < -0.4 is 22.5 Å². The van der Waals surface area contributed by atoms with E-state index in [1.807, 2.05) is 0 Å². The summed E-state index contributed by atoms with van der Waals surface area (Å²) in [6, 6.07) is 0. The molecule has 0 aliphatic heterocycles. The number of hydrogen-bond acceptors (Lipinski definition) is 5. The van der Waals surface area contributed by atoms with Gasteiger partial charge in [0.25, 0.3) is 0 Å². The summed E-state index contributed by atoms with van der Waals surface area (Å²) in [5.41, 5.74) is 15.7. The molecule has 0 saturated heterocycles. The lowest BCUT2D eigenvalue weighted by Crippen LogP contribution is -2.24. The molecule has 5 nitrogen and oxygen atoms in total. The molecule has 0 aromatic carbocycles. The maximum Gasteiger partial charge on any atom is 0.0555 e. The molecule has 0 aliphatic rings. The lowest BCUT2D eigenvalue weighted by Gasteiger charge is -1.95. The second kappa shape index (κ2) is 19.4. The van der Waals surface area contributed by atoms with E-state index in [0.717, 1.165) is 32.5 Å². The van der Waals surface area contributed by atoms with E-state index in [1.165, 1.54) is 12.8 Å². The topological polar surface area (TPSA) is 110 Å². The van der Waals surface area contributed by atoms with E-state index in [9.17, 15) is 0 Å². The highest BCUT2D eigenvalue weighted by Crippen LogP contribution is 1.95. The van der Waals surface area contributed by atoms with Crippen LogP contribution in [0.5, 0.6) is 0 Å². The van der Waals surface area contributed by atoms with Gasteiger partial charge in [-0.1, -0.05) is 12.8 Å². The molecule has 94 valence electrons. The van der Waals surface area contributed by atoms with Gasteiger partial charge in [-0.25, -0.2) is 0 Å². The molecule has 0 radical (unpaired) electrons. The van der Waals surface area contributed by atoms with Gasteiger partial charge in [-0.2, -0.15) is 0 Å². The Morgan fingerprint density at radius 1 is 0.733 bits per heavy atom. The van der Waals surface area contributed by atoms with Crippen molar-refractivity contribution in [3.63, 3.8) is 0 Å². The van der Waals surface area contributed by atoms with Gasteiger partial charge in [0.1, 0.15) is 0 Å². The standard InChI is InChI=1S/C6H16N2.C4H12N2O/c7-5-3-1-2-4-6-8;5-1-2-6-3-4-7/h1-8H2;6-7H,1-5H2. The van der Waals surface area contributed by atoms with Crippen LogP contribution in [0, 0.1) is 0 Å². The van der Waals surface area contributed by atoms with Crippen LogP contribution in [0.25, 0.3) is 0 Å². The molecule has 8 N–H and O–H groups in total. The Kier molecular flexibility index (Phi) is 22.2. The van der Waals surface area contributed by atoms with E-state index >= 15 is 0 Å². The molecule has 0 atom stereocenters. The quantitative estimate of drug-likeness (QED) is 0.320. The van der Waals surface area contributed by atoms with Crippen LogP contribution in [0.4, 0.5) is 0 Å². The molecular weight excluding hydrogens is 192 g/mol. The van der Waals surface area contributed by atoms with Crippen LogP contribution in [0.2, 0.25) is 0 Å². The van der Waals surface area contributed by atoms with Gasteiger partial charge in [-0.05, 0) is 25.9 Å². The maximum atomic E-state index is 8.19. The summed E-state index contributed by atoms with van der Waals surface area (Å²) in [5, 5.41) is 11.1. The molecule has 0 heterocycles. The van der Waals surface area contributed by atoms with Crippen molar-refractivity contribution in [1.82, 2.24) is 5.32 Å². The van der Waals surface area contributed by atoms with Crippen LogP contribution in [-0.4, -0.2) is 44.4 Å². The van der Waals surface area contributed by atoms with Crippen molar-refractivity contribution in [1.29, 1.82) is 0 Å². The minimum Gasteiger partial charge on any atom is -0.395 e. The molecule has 0 spiro atoms. The van der Waals surface area contributed by atoms with Crippen LogP contribution >= 0.6 is 0 Å². The molecular formula is C10H28N4O. The molecule has 15 heavy (non-hydrogen) atoms. The van der Waals surface area contributed by atoms with Crippen molar-refractivity contribution in [3.8, 4) is 0 Å². The van der Waals surface area contributed by atoms with Crippen LogP contribution in [0.3, 0.4) is 0 Å². The minimum atomic E-state index is 0.194. The van der Waals surface area contributed by atoms with Crippen molar-refractivity contribution >= 4 is 0 Å². The van der Waals surface area contributed by atoms with Crippen molar-refractivity contribution in [3.05, 3.63) is 0 Å².